The van der Waals surface area contributed by atoms with Crippen LogP contribution in [-0.4, -0.2) is 22.9 Å². The summed E-state index contributed by atoms with van der Waals surface area (Å²) in [7, 11) is 1.31. The molecule has 0 bridgehead atoms. The molecule has 2 aromatic rings. The molecular weight excluding hydrogens is 287 g/mol. The van der Waals surface area contributed by atoms with Crippen molar-refractivity contribution in [1.82, 2.24) is 9.78 Å². The van der Waals surface area contributed by atoms with Crippen LogP contribution in [0.5, 0.6) is 0 Å². The number of methoxy groups -OCH3 is 1. The summed E-state index contributed by atoms with van der Waals surface area (Å²) in [4.78, 5) is 11.6. The number of benzene rings is 1. The monoisotopic (exact) mass is 298 g/mol. The van der Waals surface area contributed by atoms with Crippen LogP contribution in [0.3, 0.4) is 0 Å². The molecule has 6 heteroatoms. The number of carbonyl (C=O) groups excluding carboxylic acids is 1. The van der Waals surface area contributed by atoms with Crippen LogP contribution in [0.25, 0.3) is 5.69 Å². The second-order valence-electron chi connectivity index (χ2n) is 4.05. The lowest BCUT2D eigenvalue weighted by Crippen LogP contribution is -2.05. The van der Waals surface area contributed by atoms with Gasteiger partial charge in [-0.1, -0.05) is 23.2 Å². The number of ether oxygens (including phenoxy) is 1. The van der Waals surface area contributed by atoms with Crippen molar-refractivity contribution in [3.63, 3.8) is 0 Å². The first-order valence-corrected chi connectivity index (χ1v) is 6.31. The van der Waals surface area contributed by atoms with Gasteiger partial charge in [0, 0.05) is 0 Å². The summed E-state index contributed by atoms with van der Waals surface area (Å²) >= 11 is 12.1. The highest BCUT2D eigenvalue weighted by Crippen LogP contribution is 2.25. The minimum absolute atomic E-state index is 0.297. The van der Waals surface area contributed by atoms with E-state index in [1.807, 2.05) is 13.8 Å². The first-order chi connectivity index (χ1) is 8.95. The third-order valence-electron chi connectivity index (χ3n) is 2.80. The zero-order chi connectivity index (χ0) is 14.2. The molecule has 0 spiro atoms. The molecule has 1 heterocycles. The average Bonchev–Trinajstić information content (AvgIpc) is 2.66. The Balaban J connectivity index is 2.57. The van der Waals surface area contributed by atoms with E-state index in [0.29, 0.717) is 21.3 Å². The smallest absolute Gasteiger partial charge is 0.339 e. The number of nitrogens with zero attached hydrogens (tertiary/aromatic N) is 2. The summed E-state index contributed by atoms with van der Waals surface area (Å²) in [6.45, 7) is 3.68. The molecule has 1 aromatic heterocycles. The number of hydrogen-bond acceptors (Lipinski definition) is 3. The van der Waals surface area contributed by atoms with Crippen molar-refractivity contribution in [2.75, 3.05) is 7.11 Å². The maximum atomic E-state index is 11.6. The van der Waals surface area contributed by atoms with Crippen molar-refractivity contribution < 1.29 is 9.53 Å². The van der Waals surface area contributed by atoms with Crippen LogP contribution in [0.4, 0.5) is 0 Å². The molecule has 0 amide bonds. The Kier molecular flexibility index (Phi) is 3.83. The highest BCUT2D eigenvalue weighted by Gasteiger charge is 2.15. The molecule has 4 nitrogen and oxygen atoms in total. The number of carbonyl (C=O) groups is 1. The van der Waals surface area contributed by atoms with Gasteiger partial charge in [0.05, 0.1) is 39.8 Å². The fourth-order valence-electron chi connectivity index (χ4n) is 1.79. The Hall–Kier alpha value is -1.52. The quantitative estimate of drug-likeness (QED) is 0.796. The lowest BCUT2D eigenvalue weighted by atomic mass is 10.2. The highest BCUT2D eigenvalue weighted by molar-refractivity contribution is 6.33. The van der Waals surface area contributed by atoms with Crippen molar-refractivity contribution in [2.45, 2.75) is 13.8 Å². The van der Waals surface area contributed by atoms with E-state index in [1.165, 1.54) is 7.11 Å². The van der Waals surface area contributed by atoms with Crippen LogP contribution < -0.4 is 0 Å². The van der Waals surface area contributed by atoms with Gasteiger partial charge in [-0.2, -0.15) is 5.10 Å². The van der Waals surface area contributed by atoms with Gasteiger partial charge in [-0.15, -0.1) is 0 Å². The summed E-state index contributed by atoms with van der Waals surface area (Å²) in [5.74, 6) is -0.487. The Labute approximate surface area is 120 Å². The summed E-state index contributed by atoms with van der Waals surface area (Å²) in [6, 6.07) is 5.03. The van der Waals surface area contributed by atoms with Crippen LogP contribution in [0.2, 0.25) is 10.0 Å². The molecular formula is C13H12Cl2N2O2. The standard InChI is InChI=1S/C13H12Cl2N2O2/c1-7-12(15)8(2)17(16-7)9-4-5-11(14)10(6-9)13(18)19-3/h4-6H,1-3H3. The van der Waals surface area contributed by atoms with Gasteiger partial charge in [-0.25, -0.2) is 9.48 Å². The maximum absolute atomic E-state index is 11.6. The first-order valence-electron chi connectivity index (χ1n) is 5.55. The number of halogens is 2. The fourth-order valence-corrected chi connectivity index (χ4v) is 2.10. The zero-order valence-electron chi connectivity index (χ0n) is 10.7. The average molecular weight is 299 g/mol. The van der Waals surface area contributed by atoms with Crippen LogP contribution >= 0.6 is 23.2 Å². The predicted molar refractivity (Wildman–Crippen MR) is 74.4 cm³/mol. The Morgan fingerprint density at radius 3 is 2.53 bits per heavy atom. The molecule has 0 aliphatic heterocycles. The minimum Gasteiger partial charge on any atom is -0.465 e. The molecule has 19 heavy (non-hydrogen) atoms. The number of esters is 1. The van der Waals surface area contributed by atoms with Gasteiger partial charge in [0.1, 0.15) is 0 Å². The zero-order valence-corrected chi connectivity index (χ0v) is 12.2. The van der Waals surface area contributed by atoms with Gasteiger partial charge in [0.2, 0.25) is 0 Å². The normalized spacial score (nSPS) is 10.6. The van der Waals surface area contributed by atoms with Gasteiger partial charge in [0.15, 0.2) is 0 Å². The molecule has 0 unspecified atom stereocenters. The van der Waals surface area contributed by atoms with Gasteiger partial charge < -0.3 is 4.74 Å². The molecule has 2 rings (SSSR count). The van der Waals surface area contributed by atoms with E-state index < -0.39 is 5.97 Å². The maximum Gasteiger partial charge on any atom is 0.339 e. The third kappa shape index (κ3) is 2.46. The van der Waals surface area contributed by atoms with E-state index in [9.17, 15) is 4.79 Å². The second-order valence-corrected chi connectivity index (χ2v) is 4.84. The summed E-state index contributed by atoms with van der Waals surface area (Å²) in [5.41, 5.74) is 2.54. The second kappa shape index (κ2) is 5.23. The summed E-state index contributed by atoms with van der Waals surface area (Å²) < 4.78 is 6.36. The van der Waals surface area contributed by atoms with Crippen LogP contribution in [-0.2, 0) is 4.74 Å². The largest absolute Gasteiger partial charge is 0.465 e. The molecule has 1 aromatic carbocycles. The molecule has 0 saturated carbocycles. The lowest BCUT2D eigenvalue weighted by Gasteiger charge is -2.08. The van der Waals surface area contributed by atoms with Gasteiger partial charge in [-0.3, -0.25) is 0 Å². The van der Waals surface area contributed by atoms with Crippen molar-refractivity contribution in [2.24, 2.45) is 0 Å². The molecule has 0 aliphatic carbocycles. The number of rotatable bonds is 2. The highest BCUT2D eigenvalue weighted by atomic mass is 35.5. The lowest BCUT2D eigenvalue weighted by molar-refractivity contribution is 0.0601. The Morgan fingerprint density at radius 1 is 1.32 bits per heavy atom. The topological polar surface area (TPSA) is 44.1 Å². The molecule has 0 fully saturated rings. The third-order valence-corrected chi connectivity index (χ3v) is 3.68. The van der Waals surface area contributed by atoms with E-state index in [4.69, 9.17) is 23.2 Å². The van der Waals surface area contributed by atoms with Crippen LogP contribution in [0.1, 0.15) is 21.7 Å². The predicted octanol–water partition coefficient (Wildman–Crippen LogP) is 3.58. The molecule has 0 atom stereocenters. The van der Waals surface area contributed by atoms with Crippen molar-refractivity contribution in [3.05, 3.63) is 45.2 Å². The first kappa shape index (κ1) is 13.9. The molecule has 0 aliphatic rings. The van der Waals surface area contributed by atoms with Crippen molar-refractivity contribution in [3.8, 4) is 5.69 Å². The van der Waals surface area contributed by atoms with E-state index in [1.54, 1.807) is 22.9 Å². The van der Waals surface area contributed by atoms with Gasteiger partial charge in [0.25, 0.3) is 0 Å². The molecule has 100 valence electrons. The van der Waals surface area contributed by atoms with E-state index in [2.05, 4.69) is 9.84 Å². The van der Waals surface area contributed by atoms with Gasteiger partial charge in [-0.05, 0) is 32.0 Å². The number of hydrogen-bond donors (Lipinski definition) is 0. The number of aryl methyl sites for hydroxylation is 1. The fraction of sp³-hybridized carbons (Fsp3) is 0.231. The van der Waals surface area contributed by atoms with Crippen molar-refractivity contribution in [1.29, 1.82) is 0 Å². The Bertz CT molecular complexity index is 650. The SMILES string of the molecule is COC(=O)c1cc(-n2nc(C)c(Cl)c2C)ccc1Cl. The van der Waals surface area contributed by atoms with Crippen LogP contribution in [0.15, 0.2) is 18.2 Å². The van der Waals surface area contributed by atoms with Gasteiger partial charge >= 0.3 is 5.97 Å². The Morgan fingerprint density at radius 2 is 2.00 bits per heavy atom. The van der Waals surface area contributed by atoms with E-state index in [0.717, 1.165) is 11.4 Å². The molecule has 0 saturated heterocycles. The van der Waals surface area contributed by atoms with Crippen molar-refractivity contribution >= 4 is 29.2 Å². The summed E-state index contributed by atoms with van der Waals surface area (Å²) in [6.07, 6.45) is 0. The van der Waals surface area contributed by atoms with Crippen LogP contribution in [0, 0.1) is 13.8 Å². The van der Waals surface area contributed by atoms with E-state index >= 15 is 0 Å². The molecule has 0 radical (unpaired) electrons. The minimum atomic E-state index is -0.487. The van der Waals surface area contributed by atoms with E-state index in [-0.39, 0.29) is 0 Å². The number of aromatic nitrogens is 2. The molecule has 0 N–H and O–H groups in total. The summed E-state index contributed by atoms with van der Waals surface area (Å²) in [5, 5.41) is 5.27.